The van der Waals surface area contributed by atoms with E-state index in [2.05, 4.69) is 10.2 Å². The Hall–Kier alpha value is -0.900. The lowest BCUT2D eigenvalue weighted by atomic mass is 9.97. The number of hydrogen-bond donors (Lipinski definition) is 1. The SMILES string of the molecule is CNC(=O)C1CCCN(CCCC(C)=O)C1. The summed E-state index contributed by atoms with van der Waals surface area (Å²) in [6, 6.07) is 0. The molecule has 0 aromatic rings. The Bertz CT molecular complexity index is 253. The molecular formula is C12H22N2O2. The number of amides is 1. The van der Waals surface area contributed by atoms with Gasteiger partial charge < -0.3 is 15.0 Å². The zero-order valence-electron chi connectivity index (χ0n) is 10.3. The highest BCUT2D eigenvalue weighted by Gasteiger charge is 2.24. The molecule has 0 aliphatic carbocycles. The zero-order valence-corrected chi connectivity index (χ0v) is 10.3. The number of carbonyl (C=O) groups excluding carboxylic acids is 2. The van der Waals surface area contributed by atoms with Crippen LogP contribution < -0.4 is 5.32 Å². The lowest BCUT2D eigenvalue weighted by Crippen LogP contribution is -2.42. The number of rotatable bonds is 5. The smallest absolute Gasteiger partial charge is 0.224 e. The van der Waals surface area contributed by atoms with Gasteiger partial charge in [0.05, 0.1) is 5.92 Å². The average Bonchev–Trinajstić information content (AvgIpc) is 2.28. The minimum Gasteiger partial charge on any atom is -0.359 e. The summed E-state index contributed by atoms with van der Waals surface area (Å²) >= 11 is 0. The molecule has 1 amide bonds. The van der Waals surface area contributed by atoms with Crippen molar-refractivity contribution < 1.29 is 9.59 Å². The van der Waals surface area contributed by atoms with Crippen LogP contribution in [0.3, 0.4) is 0 Å². The summed E-state index contributed by atoms with van der Waals surface area (Å²) in [5, 5.41) is 2.71. The molecule has 1 rings (SSSR count). The highest BCUT2D eigenvalue weighted by molar-refractivity contribution is 5.78. The van der Waals surface area contributed by atoms with Gasteiger partial charge in [0, 0.05) is 20.0 Å². The second-order valence-electron chi connectivity index (χ2n) is 4.56. The van der Waals surface area contributed by atoms with E-state index in [1.54, 1.807) is 14.0 Å². The summed E-state index contributed by atoms with van der Waals surface area (Å²) in [4.78, 5) is 24.6. The molecule has 4 nitrogen and oxygen atoms in total. The van der Waals surface area contributed by atoms with Gasteiger partial charge in [0.15, 0.2) is 0 Å². The van der Waals surface area contributed by atoms with E-state index in [-0.39, 0.29) is 17.6 Å². The highest BCUT2D eigenvalue weighted by atomic mass is 16.1. The number of Topliss-reactive ketones (excluding diaryl/α,β-unsaturated/α-hetero) is 1. The van der Waals surface area contributed by atoms with Gasteiger partial charge in [0.1, 0.15) is 5.78 Å². The molecule has 92 valence electrons. The lowest BCUT2D eigenvalue weighted by Gasteiger charge is -2.31. The number of nitrogens with zero attached hydrogens (tertiary/aromatic N) is 1. The van der Waals surface area contributed by atoms with Crippen molar-refractivity contribution in [2.45, 2.75) is 32.6 Å². The maximum absolute atomic E-state index is 11.5. The largest absolute Gasteiger partial charge is 0.359 e. The second-order valence-corrected chi connectivity index (χ2v) is 4.56. The van der Waals surface area contributed by atoms with Gasteiger partial charge in [-0.15, -0.1) is 0 Å². The molecule has 1 fully saturated rings. The molecule has 1 heterocycles. The number of likely N-dealkylation sites (tertiary alicyclic amines) is 1. The van der Waals surface area contributed by atoms with E-state index in [0.717, 1.165) is 38.9 Å². The quantitative estimate of drug-likeness (QED) is 0.755. The van der Waals surface area contributed by atoms with Gasteiger partial charge in [-0.1, -0.05) is 0 Å². The summed E-state index contributed by atoms with van der Waals surface area (Å²) in [7, 11) is 1.69. The van der Waals surface area contributed by atoms with Crippen LogP contribution in [0.4, 0.5) is 0 Å². The normalized spacial score (nSPS) is 21.8. The van der Waals surface area contributed by atoms with Crippen molar-refractivity contribution in [2.75, 3.05) is 26.7 Å². The van der Waals surface area contributed by atoms with Gasteiger partial charge in [-0.3, -0.25) is 4.79 Å². The van der Waals surface area contributed by atoms with E-state index in [4.69, 9.17) is 0 Å². The fraction of sp³-hybridized carbons (Fsp3) is 0.833. The van der Waals surface area contributed by atoms with E-state index in [1.807, 2.05) is 0 Å². The first kappa shape index (κ1) is 13.2. The van der Waals surface area contributed by atoms with Gasteiger partial charge >= 0.3 is 0 Å². The zero-order chi connectivity index (χ0) is 12.0. The molecule has 0 radical (unpaired) electrons. The molecule has 1 aliphatic rings. The van der Waals surface area contributed by atoms with Gasteiger partial charge in [0.2, 0.25) is 5.91 Å². The van der Waals surface area contributed by atoms with Crippen LogP contribution in [0, 0.1) is 5.92 Å². The molecule has 1 unspecified atom stereocenters. The van der Waals surface area contributed by atoms with Crippen LogP contribution >= 0.6 is 0 Å². The molecule has 0 bridgehead atoms. The third kappa shape index (κ3) is 4.31. The first-order valence-corrected chi connectivity index (χ1v) is 6.07. The third-order valence-corrected chi connectivity index (χ3v) is 3.13. The molecule has 0 aromatic heterocycles. The molecule has 1 aliphatic heterocycles. The maximum Gasteiger partial charge on any atom is 0.224 e. The Morgan fingerprint density at radius 1 is 1.44 bits per heavy atom. The van der Waals surface area contributed by atoms with Gasteiger partial charge in [-0.2, -0.15) is 0 Å². The molecule has 1 atom stereocenters. The summed E-state index contributed by atoms with van der Waals surface area (Å²) in [6.45, 7) is 4.47. The fourth-order valence-electron chi connectivity index (χ4n) is 2.23. The summed E-state index contributed by atoms with van der Waals surface area (Å²) in [5.74, 6) is 0.534. The van der Waals surface area contributed by atoms with Crippen molar-refractivity contribution in [3.63, 3.8) is 0 Å². The van der Waals surface area contributed by atoms with Crippen molar-refractivity contribution in [3.8, 4) is 0 Å². The number of carbonyl (C=O) groups is 2. The average molecular weight is 226 g/mol. The summed E-state index contributed by atoms with van der Waals surface area (Å²) in [5.41, 5.74) is 0. The fourth-order valence-corrected chi connectivity index (χ4v) is 2.23. The molecule has 1 saturated heterocycles. The molecule has 0 saturated carbocycles. The Labute approximate surface area is 97.4 Å². The number of nitrogens with one attached hydrogen (secondary N) is 1. The van der Waals surface area contributed by atoms with Crippen molar-refractivity contribution >= 4 is 11.7 Å². The third-order valence-electron chi connectivity index (χ3n) is 3.13. The van der Waals surface area contributed by atoms with Gasteiger partial charge in [-0.05, 0) is 39.3 Å². The van der Waals surface area contributed by atoms with Crippen LogP contribution in [-0.2, 0) is 9.59 Å². The monoisotopic (exact) mass is 226 g/mol. The molecule has 16 heavy (non-hydrogen) atoms. The molecule has 1 N–H and O–H groups in total. The Balaban J connectivity index is 2.27. The number of hydrogen-bond acceptors (Lipinski definition) is 3. The predicted octanol–water partition coefficient (Wildman–Crippen LogP) is 0.814. The summed E-state index contributed by atoms with van der Waals surface area (Å²) < 4.78 is 0. The Morgan fingerprint density at radius 3 is 2.81 bits per heavy atom. The Morgan fingerprint density at radius 2 is 2.19 bits per heavy atom. The topological polar surface area (TPSA) is 49.4 Å². The summed E-state index contributed by atoms with van der Waals surface area (Å²) in [6.07, 6.45) is 3.64. The predicted molar refractivity (Wildman–Crippen MR) is 63.1 cm³/mol. The van der Waals surface area contributed by atoms with Crippen LogP contribution in [0.2, 0.25) is 0 Å². The van der Waals surface area contributed by atoms with Crippen molar-refractivity contribution in [3.05, 3.63) is 0 Å². The molecular weight excluding hydrogens is 204 g/mol. The maximum atomic E-state index is 11.5. The number of piperidine rings is 1. The second kappa shape index (κ2) is 6.63. The van der Waals surface area contributed by atoms with Crippen LogP contribution in [0.15, 0.2) is 0 Å². The van der Waals surface area contributed by atoms with E-state index in [0.29, 0.717) is 6.42 Å². The van der Waals surface area contributed by atoms with Crippen LogP contribution in [0.1, 0.15) is 32.6 Å². The van der Waals surface area contributed by atoms with Crippen molar-refractivity contribution in [1.29, 1.82) is 0 Å². The molecule has 0 aromatic carbocycles. The Kier molecular flexibility index (Phi) is 5.46. The van der Waals surface area contributed by atoms with E-state index in [1.165, 1.54) is 0 Å². The first-order chi connectivity index (χ1) is 7.63. The molecule has 4 heteroatoms. The van der Waals surface area contributed by atoms with Crippen LogP contribution in [0.5, 0.6) is 0 Å². The van der Waals surface area contributed by atoms with Crippen molar-refractivity contribution in [2.24, 2.45) is 5.92 Å². The standard InChI is InChI=1S/C12H22N2O2/c1-10(15)5-3-7-14-8-4-6-11(9-14)12(16)13-2/h11H,3-9H2,1-2H3,(H,13,16). The number of ketones is 1. The van der Waals surface area contributed by atoms with Gasteiger partial charge in [-0.25, -0.2) is 0 Å². The highest BCUT2D eigenvalue weighted by Crippen LogP contribution is 2.16. The first-order valence-electron chi connectivity index (χ1n) is 6.07. The van der Waals surface area contributed by atoms with E-state index in [9.17, 15) is 9.59 Å². The van der Waals surface area contributed by atoms with E-state index < -0.39 is 0 Å². The molecule has 0 spiro atoms. The van der Waals surface area contributed by atoms with Gasteiger partial charge in [0.25, 0.3) is 0 Å². The lowest BCUT2D eigenvalue weighted by molar-refractivity contribution is -0.126. The minimum atomic E-state index is 0.135. The van der Waals surface area contributed by atoms with E-state index >= 15 is 0 Å². The van der Waals surface area contributed by atoms with Crippen LogP contribution in [0.25, 0.3) is 0 Å². The minimum absolute atomic E-state index is 0.135. The van der Waals surface area contributed by atoms with Crippen LogP contribution in [-0.4, -0.2) is 43.3 Å². The van der Waals surface area contributed by atoms with Crippen molar-refractivity contribution in [1.82, 2.24) is 10.2 Å².